The predicted molar refractivity (Wildman–Crippen MR) is 72.4 cm³/mol. The molecule has 5 nitrogen and oxygen atoms in total. The summed E-state index contributed by atoms with van der Waals surface area (Å²) in [6, 6.07) is 5.56. The number of hydrogen-bond donors (Lipinski definition) is 4. The van der Waals surface area contributed by atoms with E-state index in [0.717, 1.165) is 10.8 Å². The minimum Gasteiger partial charge on any atom is -0.397 e. The minimum atomic E-state index is -0.797. The summed E-state index contributed by atoms with van der Waals surface area (Å²) in [7, 11) is 0. The molecule has 0 atom stereocenters. The molecule has 0 aliphatic carbocycles. The molecule has 96 valence electrons. The Kier molecular flexibility index (Phi) is 3.36. The van der Waals surface area contributed by atoms with E-state index in [0.29, 0.717) is 11.4 Å². The SMILES string of the molecule is CC(CO)(CO)Nc1ccc2cnccc2c1N. The van der Waals surface area contributed by atoms with Crippen LogP contribution >= 0.6 is 0 Å². The van der Waals surface area contributed by atoms with Gasteiger partial charge in [-0.05, 0) is 19.1 Å². The maximum atomic E-state index is 9.28. The van der Waals surface area contributed by atoms with Crippen molar-refractivity contribution in [2.24, 2.45) is 0 Å². The molecule has 0 spiro atoms. The Balaban J connectivity index is 2.43. The Morgan fingerprint density at radius 2 is 2.00 bits per heavy atom. The summed E-state index contributed by atoms with van der Waals surface area (Å²) in [5.41, 5.74) is 6.57. The van der Waals surface area contributed by atoms with E-state index in [1.165, 1.54) is 0 Å². The third kappa shape index (κ3) is 2.23. The molecule has 0 fully saturated rings. The van der Waals surface area contributed by atoms with Crippen LogP contribution in [0.25, 0.3) is 10.8 Å². The molecule has 0 bridgehead atoms. The van der Waals surface area contributed by atoms with E-state index in [9.17, 15) is 10.2 Å². The number of anilines is 2. The smallest absolute Gasteiger partial charge is 0.0807 e. The largest absolute Gasteiger partial charge is 0.397 e. The number of hydrogen-bond acceptors (Lipinski definition) is 5. The molecular weight excluding hydrogens is 230 g/mol. The van der Waals surface area contributed by atoms with Crippen LogP contribution in [0.2, 0.25) is 0 Å². The quantitative estimate of drug-likeness (QED) is 0.604. The number of benzene rings is 1. The Hall–Kier alpha value is -1.85. The molecule has 2 aromatic rings. The number of fused-ring (bicyclic) bond motifs is 1. The van der Waals surface area contributed by atoms with E-state index < -0.39 is 5.54 Å². The molecule has 0 radical (unpaired) electrons. The molecule has 5 heteroatoms. The number of nitrogens with two attached hydrogens (primary N) is 1. The zero-order valence-corrected chi connectivity index (χ0v) is 10.2. The third-order valence-corrected chi connectivity index (χ3v) is 3.00. The zero-order chi connectivity index (χ0) is 13.2. The van der Waals surface area contributed by atoms with Crippen LogP contribution in [-0.4, -0.2) is 33.9 Å². The minimum absolute atomic E-state index is 0.183. The molecule has 0 amide bonds. The maximum Gasteiger partial charge on any atom is 0.0807 e. The van der Waals surface area contributed by atoms with E-state index in [4.69, 9.17) is 5.73 Å². The molecule has 0 aliphatic rings. The first-order valence-electron chi connectivity index (χ1n) is 5.72. The highest BCUT2D eigenvalue weighted by Crippen LogP contribution is 2.29. The molecule has 0 saturated carbocycles. The van der Waals surface area contributed by atoms with Gasteiger partial charge in [-0.25, -0.2) is 0 Å². The number of aliphatic hydroxyl groups excluding tert-OH is 2. The van der Waals surface area contributed by atoms with Crippen molar-refractivity contribution in [2.45, 2.75) is 12.5 Å². The van der Waals surface area contributed by atoms with Gasteiger partial charge in [0.15, 0.2) is 0 Å². The molecule has 0 saturated heterocycles. The summed E-state index contributed by atoms with van der Waals surface area (Å²) in [5.74, 6) is 0. The van der Waals surface area contributed by atoms with Gasteiger partial charge in [0.25, 0.3) is 0 Å². The molecule has 0 aliphatic heterocycles. The highest BCUT2D eigenvalue weighted by Gasteiger charge is 2.22. The van der Waals surface area contributed by atoms with E-state index in [2.05, 4.69) is 10.3 Å². The van der Waals surface area contributed by atoms with Crippen LogP contribution in [-0.2, 0) is 0 Å². The van der Waals surface area contributed by atoms with Gasteiger partial charge in [0.2, 0.25) is 0 Å². The van der Waals surface area contributed by atoms with Crippen molar-refractivity contribution in [3.8, 4) is 0 Å². The summed E-state index contributed by atoms with van der Waals surface area (Å²) in [6.07, 6.45) is 3.42. The van der Waals surface area contributed by atoms with Crippen molar-refractivity contribution in [3.05, 3.63) is 30.6 Å². The first-order chi connectivity index (χ1) is 8.59. The number of aromatic nitrogens is 1. The summed E-state index contributed by atoms with van der Waals surface area (Å²) in [4.78, 5) is 4.03. The Bertz CT molecular complexity index is 553. The molecule has 0 unspecified atom stereocenters. The number of nitrogen functional groups attached to an aromatic ring is 1. The van der Waals surface area contributed by atoms with Gasteiger partial charge in [-0.15, -0.1) is 0 Å². The first-order valence-corrected chi connectivity index (χ1v) is 5.72. The van der Waals surface area contributed by atoms with Gasteiger partial charge in [0.05, 0.1) is 30.1 Å². The van der Waals surface area contributed by atoms with Crippen LogP contribution < -0.4 is 11.1 Å². The van der Waals surface area contributed by atoms with Gasteiger partial charge in [-0.3, -0.25) is 4.98 Å². The van der Waals surface area contributed by atoms with E-state index in [1.807, 2.05) is 18.2 Å². The van der Waals surface area contributed by atoms with Gasteiger partial charge in [0, 0.05) is 23.2 Å². The van der Waals surface area contributed by atoms with Crippen molar-refractivity contribution in [1.29, 1.82) is 0 Å². The normalized spacial score (nSPS) is 11.7. The van der Waals surface area contributed by atoms with Gasteiger partial charge in [-0.2, -0.15) is 0 Å². The van der Waals surface area contributed by atoms with E-state index in [1.54, 1.807) is 19.3 Å². The fourth-order valence-corrected chi connectivity index (χ4v) is 1.76. The lowest BCUT2D eigenvalue weighted by Crippen LogP contribution is -2.42. The van der Waals surface area contributed by atoms with Crippen LogP contribution in [0.1, 0.15) is 6.92 Å². The zero-order valence-electron chi connectivity index (χ0n) is 10.2. The summed E-state index contributed by atoms with van der Waals surface area (Å²) < 4.78 is 0. The highest BCUT2D eigenvalue weighted by atomic mass is 16.3. The lowest BCUT2D eigenvalue weighted by molar-refractivity contribution is 0.147. The molecule has 5 N–H and O–H groups in total. The van der Waals surface area contributed by atoms with Crippen LogP contribution in [0.15, 0.2) is 30.6 Å². The molecule has 18 heavy (non-hydrogen) atoms. The van der Waals surface area contributed by atoms with Gasteiger partial charge in [0.1, 0.15) is 0 Å². The van der Waals surface area contributed by atoms with E-state index >= 15 is 0 Å². The fraction of sp³-hybridized carbons (Fsp3) is 0.308. The van der Waals surface area contributed by atoms with Crippen LogP contribution in [0.3, 0.4) is 0 Å². The van der Waals surface area contributed by atoms with Crippen LogP contribution in [0.4, 0.5) is 11.4 Å². The topological polar surface area (TPSA) is 91.4 Å². The Labute approximate surface area is 105 Å². The second kappa shape index (κ2) is 4.80. The monoisotopic (exact) mass is 247 g/mol. The van der Waals surface area contributed by atoms with Gasteiger partial charge < -0.3 is 21.3 Å². The lowest BCUT2D eigenvalue weighted by Gasteiger charge is -2.28. The number of aliphatic hydroxyl groups is 2. The fourth-order valence-electron chi connectivity index (χ4n) is 1.76. The molecule has 1 aromatic carbocycles. The van der Waals surface area contributed by atoms with Gasteiger partial charge >= 0.3 is 0 Å². The Morgan fingerprint density at radius 3 is 2.67 bits per heavy atom. The van der Waals surface area contributed by atoms with Crippen molar-refractivity contribution in [1.82, 2.24) is 4.98 Å². The van der Waals surface area contributed by atoms with Crippen molar-refractivity contribution >= 4 is 22.1 Å². The highest BCUT2D eigenvalue weighted by molar-refractivity contribution is 5.98. The summed E-state index contributed by atoms with van der Waals surface area (Å²) in [5, 5.41) is 23.5. The van der Waals surface area contributed by atoms with Gasteiger partial charge in [-0.1, -0.05) is 6.07 Å². The second-order valence-electron chi connectivity index (χ2n) is 4.63. The summed E-state index contributed by atoms with van der Waals surface area (Å²) >= 11 is 0. The van der Waals surface area contributed by atoms with Crippen molar-refractivity contribution in [3.63, 3.8) is 0 Å². The standard InChI is InChI=1S/C13H17N3O2/c1-13(7-17,8-18)16-11-3-2-9-6-15-5-4-10(9)12(11)14/h2-6,16-18H,7-8,14H2,1H3. The molecule has 2 rings (SSSR count). The Morgan fingerprint density at radius 1 is 1.28 bits per heavy atom. The average Bonchev–Trinajstić information content (AvgIpc) is 2.42. The molecule has 1 heterocycles. The van der Waals surface area contributed by atoms with E-state index in [-0.39, 0.29) is 13.2 Å². The number of nitrogens with zero attached hydrogens (tertiary/aromatic N) is 1. The number of pyridine rings is 1. The van der Waals surface area contributed by atoms with Crippen molar-refractivity contribution < 1.29 is 10.2 Å². The molecule has 1 aromatic heterocycles. The predicted octanol–water partition coefficient (Wildman–Crippen LogP) is 0.972. The number of rotatable bonds is 4. The third-order valence-electron chi connectivity index (χ3n) is 3.00. The van der Waals surface area contributed by atoms with Crippen LogP contribution in [0.5, 0.6) is 0 Å². The lowest BCUT2D eigenvalue weighted by atomic mass is 10.0. The number of nitrogens with one attached hydrogen (secondary N) is 1. The van der Waals surface area contributed by atoms with Crippen molar-refractivity contribution in [2.75, 3.05) is 24.3 Å². The van der Waals surface area contributed by atoms with Crippen LogP contribution in [0, 0.1) is 0 Å². The molecular formula is C13H17N3O2. The average molecular weight is 247 g/mol. The maximum absolute atomic E-state index is 9.28. The summed E-state index contributed by atoms with van der Waals surface area (Å²) in [6.45, 7) is 1.36. The first kappa shape index (κ1) is 12.6. The second-order valence-corrected chi connectivity index (χ2v) is 4.63.